The van der Waals surface area contributed by atoms with E-state index in [2.05, 4.69) is 26.1 Å². The molecular formula is C20H25N5O. The van der Waals surface area contributed by atoms with E-state index >= 15 is 0 Å². The molecule has 3 N–H and O–H groups in total. The summed E-state index contributed by atoms with van der Waals surface area (Å²) in [7, 11) is 0. The Hall–Kier alpha value is -2.60. The molecule has 3 heterocycles. The first-order chi connectivity index (χ1) is 12.6. The van der Waals surface area contributed by atoms with Crippen LogP contribution in [0.1, 0.15) is 26.7 Å². The fourth-order valence-corrected chi connectivity index (χ4v) is 3.52. The molecule has 1 aromatic carbocycles. The molecule has 1 fully saturated rings. The monoisotopic (exact) mass is 351 g/mol. The first kappa shape index (κ1) is 16.8. The lowest BCUT2D eigenvalue weighted by Gasteiger charge is -2.31. The van der Waals surface area contributed by atoms with E-state index in [1.54, 1.807) is 0 Å². The van der Waals surface area contributed by atoms with E-state index in [-0.39, 0.29) is 12.1 Å². The van der Waals surface area contributed by atoms with Crippen LogP contribution in [-0.4, -0.2) is 40.4 Å². The molecule has 0 amide bonds. The van der Waals surface area contributed by atoms with Gasteiger partial charge < -0.3 is 15.4 Å². The molecule has 1 saturated heterocycles. The van der Waals surface area contributed by atoms with Gasteiger partial charge in [0, 0.05) is 36.3 Å². The van der Waals surface area contributed by atoms with Gasteiger partial charge in [-0.3, -0.25) is 5.10 Å². The Labute approximate surface area is 153 Å². The number of nitrogens with one attached hydrogen (secondary N) is 1. The van der Waals surface area contributed by atoms with Crippen LogP contribution in [0.15, 0.2) is 36.5 Å². The maximum absolute atomic E-state index is 6.13. The highest BCUT2D eigenvalue weighted by molar-refractivity contribution is 5.94. The summed E-state index contributed by atoms with van der Waals surface area (Å²) in [5.41, 5.74) is 9.08. The van der Waals surface area contributed by atoms with Crippen LogP contribution >= 0.6 is 0 Å². The van der Waals surface area contributed by atoms with Crippen molar-refractivity contribution in [3.63, 3.8) is 0 Å². The summed E-state index contributed by atoms with van der Waals surface area (Å²) in [4.78, 5) is 6.82. The van der Waals surface area contributed by atoms with E-state index in [4.69, 9.17) is 10.5 Å². The zero-order chi connectivity index (χ0) is 18.1. The first-order valence-corrected chi connectivity index (χ1v) is 9.22. The van der Waals surface area contributed by atoms with Crippen LogP contribution < -0.4 is 15.4 Å². The predicted octanol–water partition coefficient (Wildman–Crippen LogP) is 3.34. The number of nitrogens with zero attached hydrogens (tertiary/aromatic N) is 3. The molecule has 0 bridgehead atoms. The van der Waals surface area contributed by atoms with E-state index in [9.17, 15) is 0 Å². The van der Waals surface area contributed by atoms with Gasteiger partial charge in [-0.25, -0.2) is 4.98 Å². The van der Waals surface area contributed by atoms with Crippen molar-refractivity contribution in [1.29, 1.82) is 0 Å². The lowest BCUT2D eigenvalue weighted by atomic mass is 10.1. The molecule has 4 rings (SSSR count). The maximum atomic E-state index is 6.13. The van der Waals surface area contributed by atoms with E-state index in [0.29, 0.717) is 0 Å². The Morgan fingerprint density at radius 3 is 2.96 bits per heavy atom. The number of nitrogens with two attached hydrogens (primary N) is 1. The van der Waals surface area contributed by atoms with Crippen LogP contribution in [0.25, 0.3) is 22.2 Å². The molecule has 0 radical (unpaired) electrons. The second kappa shape index (κ2) is 6.96. The Balaban J connectivity index is 1.70. The van der Waals surface area contributed by atoms with Gasteiger partial charge in [0.2, 0.25) is 0 Å². The van der Waals surface area contributed by atoms with Crippen molar-refractivity contribution in [2.45, 2.75) is 38.8 Å². The number of hydrogen-bond donors (Lipinski definition) is 2. The third kappa shape index (κ3) is 3.37. The van der Waals surface area contributed by atoms with Gasteiger partial charge >= 0.3 is 0 Å². The van der Waals surface area contributed by atoms with Crippen LogP contribution in [0, 0.1) is 0 Å². The second-order valence-electron chi connectivity index (χ2n) is 7.20. The van der Waals surface area contributed by atoms with Crippen molar-refractivity contribution in [3.8, 4) is 17.0 Å². The van der Waals surface area contributed by atoms with Crippen LogP contribution in [-0.2, 0) is 0 Å². The standard InChI is InChI=1S/C20H25N5O/c1-13(2)26-16-5-6-18-17(11-16)20(24-23-18)14-7-8-22-19(10-14)25-9-3-4-15(21)12-25/h5-8,10-11,13,15H,3-4,9,12,21H2,1-2H3,(H,23,24). The van der Waals surface area contributed by atoms with Gasteiger partial charge in [-0.1, -0.05) is 0 Å². The zero-order valence-electron chi connectivity index (χ0n) is 15.3. The number of ether oxygens (including phenoxy) is 1. The highest BCUT2D eigenvalue weighted by Crippen LogP contribution is 2.31. The zero-order valence-corrected chi connectivity index (χ0v) is 15.3. The molecule has 1 aliphatic heterocycles. The molecule has 26 heavy (non-hydrogen) atoms. The predicted molar refractivity (Wildman–Crippen MR) is 105 cm³/mol. The minimum Gasteiger partial charge on any atom is -0.491 e. The number of benzene rings is 1. The number of pyridine rings is 1. The number of aromatic nitrogens is 3. The molecule has 1 unspecified atom stereocenters. The molecule has 2 aromatic heterocycles. The van der Waals surface area contributed by atoms with Crippen LogP contribution in [0.2, 0.25) is 0 Å². The number of anilines is 1. The summed E-state index contributed by atoms with van der Waals surface area (Å²) in [5, 5.41) is 8.70. The number of fused-ring (bicyclic) bond motifs is 1. The van der Waals surface area contributed by atoms with Gasteiger partial charge in [0.05, 0.1) is 11.6 Å². The Morgan fingerprint density at radius 2 is 2.15 bits per heavy atom. The van der Waals surface area contributed by atoms with E-state index < -0.39 is 0 Å². The fraction of sp³-hybridized carbons (Fsp3) is 0.400. The SMILES string of the molecule is CC(C)Oc1ccc2[nH]nc(-c3ccnc(N4CCCC(N)C4)c3)c2c1. The average Bonchev–Trinajstić information content (AvgIpc) is 3.04. The van der Waals surface area contributed by atoms with Crippen LogP contribution in [0.4, 0.5) is 5.82 Å². The third-order valence-electron chi connectivity index (χ3n) is 4.71. The molecule has 0 aliphatic carbocycles. The molecule has 1 atom stereocenters. The number of hydrogen-bond acceptors (Lipinski definition) is 5. The molecule has 0 saturated carbocycles. The Kier molecular flexibility index (Phi) is 4.51. The van der Waals surface area contributed by atoms with Crippen molar-refractivity contribution in [2.75, 3.05) is 18.0 Å². The summed E-state index contributed by atoms with van der Waals surface area (Å²) in [5.74, 6) is 1.81. The Bertz CT molecular complexity index is 904. The second-order valence-corrected chi connectivity index (χ2v) is 7.20. The highest BCUT2D eigenvalue weighted by Gasteiger charge is 2.19. The van der Waals surface area contributed by atoms with Gasteiger partial charge in [0.25, 0.3) is 0 Å². The largest absolute Gasteiger partial charge is 0.491 e. The highest BCUT2D eigenvalue weighted by atomic mass is 16.5. The molecule has 3 aromatic rings. The fourth-order valence-electron chi connectivity index (χ4n) is 3.52. The van der Waals surface area contributed by atoms with Gasteiger partial charge in [0.1, 0.15) is 17.3 Å². The third-order valence-corrected chi connectivity index (χ3v) is 4.71. The van der Waals surface area contributed by atoms with Crippen molar-refractivity contribution >= 4 is 16.7 Å². The molecule has 136 valence electrons. The summed E-state index contributed by atoms with van der Waals surface area (Å²) < 4.78 is 5.84. The topological polar surface area (TPSA) is 80.1 Å². The summed E-state index contributed by atoms with van der Waals surface area (Å²) in [6, 6.07) is 10.3. The van der Waals surface area contributed by atoms with E-state index in [0.717, 1.165) is 59.7 Å². The molecule has 6 heteroatoms. The lowest BCUT2D eigenvalue weighted by Crippen LogP contribution is -2.43. The van der Waals surface area contributed by atoms with Crippen LogP contribution in [0.5, 0.6) is 5.75 Å². The average molecular weight is 351 g/mol. The Morgan fingerprint density at radius 1 is 1.27 bits per heavy atom. The summed E-state index contributed by atoms with van der Waals surface area (Å²) in [6.07, 6.45) is 4.17. The van der Waals surface area contributed by atoms with Gasteiger partial charge in [-0.05, 0) is 57.0 Å². The normalized spacial score (nSPS) is 17.8. The van der Waals surface area contributed by atoms with Gasteiger partial charge in [0.15, 0.2) is 0 Å². The quantitative estimate of drug-likeness (QED) is 0.753. The molecular weight excluding hydrogens is 326 g/mol. The molecule has 0 spiro atoms. The van der Waals surface area contributed by atoms with E-state index in [1.807, 2.05) is 44.3 Å². The number of piperidine rings is 1. The lowest BCUT2D eigenvalue weighted by molar-refractivity contribution is 0.243. The van der Waals surface area contributed by atoms with Gasteiger partial charge in [-0.2, -0.15) is 5.10 Å². The summed E-state index contributed by atoms with van der Waals surface area (Å²) >= 11 is 0. The van der Waals surface area contributed by atoms with Crippen molar-refractivity contribution < 1.29 is 4.74 Å². The smallest absolute Gasteiger partial charge is 0.129 e. The summed E-state index contributed by atoms with van der Waals surface area (Å²) in [6.45, 7) is 5.90. The van der Waals surface area contributed by atoms with Gasteiger partial charge in [-0.15, -0.1) is 0 Å². The minimum absolute atomic E-state index is 0.138. The first-order valence-electron chi connectivity index (χ1n) is 9.22. The number of aromatic amines is 1. The minimum atomic E-state index is 0.138. The number of H-pyrrole nitrogens is 1. The van der Waals surface area contributed by atoms with Crippen molar-refractivity contribution in [3.05, 3.63) is 36.5 Å². The number of rotatable bonds is 4. The van der Waals surface area contributed by atoms with E-state index in [1.165, 1.54) is 0 Å². The van der Waals surface area contributed by atoms with Crippen molar-refractivity contribution in [2.24, 2.45) is 5.73 Å². The molecule has 1 aliphatic rings. The van der Waals surface area contributed by atoms with Crippen LogP contribution in [0.3, 0.4) is 0 Å². The molecule has 6 nitrogen and oxygen atoms in total. The maximum Gasteiger partial charge on any atom is 0.129 e. The van der Waals surface area contributed by atoms with Crippen molar-refractivity contribution in [1.82, 2.24) is 15.2 Å².